The van der Waals surface area contributed by atoms with Crippen molar-refractivity contribution in [1.29, 1.82) is 0 Å². The standard InChI is InChI=1S/C37H32N2O3/c1-3-11-24-18-20-26(21-19-24)34(40)32-33(35(41)25-12-5-4-6-13-25)39-30-17-10-7-14-27(30)23(2)22-31(39)37(32)28-15-8-9-16-29(28)38-36(37)42/h4-10,12-22,31-33H,3,11H2,1-2H3,(H,38,42)/t31-,32+,33-,37-/m1/s1. The summed E-state index contributed by atoms with van der Waals surface area (Å²) in [4.78, 5) is 46.2. The summed E-state index contributed by atoms with van der Waals surface area (Å²) in [6.07, 6.45) is 4.02. The molecule has 208 valence electrons. The minimum Gasteiger partial charge on any atom is -0.352 e. The number of para-hydroxylation sites is 2. The van der Waals surface area contributed by atoms with Gasteiger partial charge in [-0.25, -0.2) is 0 Å². The molecule has 3 aliphatic heterocycles. The van der Waals surface area contributed by atoms with Crippen LogP contribution < -0.4 is 10.2 Å². The van der Waals surface area contributed by atoms with Gasteiger partial charge in [-0.1, -0.05) is 110 Å². The maximum absolute atomic E-state index is 14.9. The van der Waals surface area contributed by atoms with E-state index in [-0.39, 0.29) is 17.5 Å². The van der Waals surface area contributed by atoms with E-state index in [9.17, 15) is 14.4 Å². The molecule has 42 heavy (non-hydrogen) atoms. The molecule has 1 saturated heterocycles. The van der Waals surface area contributed by atoms with Gasteiger partial charge in [0.15, 0.2) is 11.6 Å². The van der Waals surface area contributed by atoms with E-state index in [2.05, 4.69) is 23.2 Å². The Bertz CT molecular complexity index is 1760. The van der Waals surface area contributed by atoms with E-state index < -0.39 is 23.4 Å². The number of Topliss-reactive ketones (excluding diaryl/α,β-unsaturated/α-hetero) is 2. The Balaban J connectivity index is 1.52. The Kier molecular flexibility index (Phi) is 6.19. The van der Waals surface area contributed by atoms with Crippen molar-refractivity contribution in [2.75, 3.05) is 10.2 Å². The van der Waals surface area contributed by atoms with E-state index in [1.807, 2.05) is 97.9 Å². The summed E-state index contributed by atoms with van der Waals surface area (Å²) in [6.45, 7) is 4.17. The lowest BCUT2D eigenvalue weighted by atomic mass is 9.64. The molecular formula is C37H32N2O3. The maximum atomic E-state index is 14.9. The molecule has 4 aromatic carbocycles. The van der Waals surface area contributed by atoms with Gasteiger partial charge in [0.2, 0.25) is 5.91 Å². The van der Waals surface area contributed by atoms with Crippen LogP contribution in [-0.2, 0) is 16.6 Å². The first-order valence-electron chi connectivity index (χ1n) is 14.7. The van der Waals surface area contributed by atoms with E-state index in [0.717, 1.165) is 40.8 Å². The number of carbonyl (C=O) groups is 3. The lowest BCUT2D eigenvalue weighted by molar-refractivity contribution is -0.121. The van der Waals surface area contributed by atoms with Crippen LogP contribution in [0.2, 0.25) is 0 Å². The fourth-order valence-corrected chi connectivity index (χ4v) is 7.46. The summed E-state index contributed by atoms with van der Waals surface area (Å²) >= 11 is 0. The summed E-state index contributed by atoms with van der Waals surface area (Å²) in [5.74, 6) is -1.58. The zero-order valence-electron chi connectivity index (χ0n) is 23.7. The number of carbonyl (C=O) groups excluding carboxylic acids is 3. The van der Waals surface area contributed by atoms with E-state index in [1.54, 1.807) is 12.1 Å². The van der Waals surface area contributed by atoms with Gasteiger partial charge in [-0.15, -0.1) is 0 Å². The van der Waals surface area contributed by atoms with E-state index >= 15 is 0 Å². The van der Waals surface area contributed by atoms with Gasteiger partial charge in [0.25, 0.3) is 0 Å². The van der Waals surface area contributed by atoms with Gasteiger partial charge in [0, 0.05) is 28.1 Å². The Labute approximate surface area is 245 Å². The Morgan fingerprint density at radius 2 is 1.48 bits per heavy atom. The highest BCUT2D eigenvalue weighted by Crippen LogP contribution is 2.58. The molecule has 0 saturated carbocycles. The summed E-state index contributed by atoms with van der Waals surface area (Å²) in [5.41, 5.74) is 5.21. The Morgan fingerprint density at radius 1 is 0.810 bits per heavy atom. The monoisotopic (exact) mass is 552 g/mol. The first-order valence-corrected chi connectivity index (χ1v) is 14.7. The lowest BCUT2D eigenvalue weighted by Gasteiger charge is -2.39. The second-order valence-corrected chi connectivity index (χ2v) is 11.6. The van der Waals surface area contributed by atoms with Gasteiger partial charge in [0.1, 0.15) is 11.5 Å². The number of rotatable bonds is 6. The number of anilines is 2. The van der Waals surface area contributed by atoms with Crippen molar-refractivity contribution in [1.82, 2.24) is 0 Å². The number of aryl methyl sites for hydroxylation is 1. The fraction of sp³-hybridized carbons (Fsp3) is 0.216. The molecule has 4 atom stereocenters. The molecule has 0 aromatic heterocycles. The molecule has 5 heteroatoms. The van der Waals surface area contributed by atoms with Crippen molar-refractivity contribution >= 4 is 34.4 Å². The van der Waals surface area contributed by atoms with E-state index in [0.29, 0.717) is 16.8 Å². The van der Waals surface area contributed by atoms with Gasteiger partial charge >= 0.3 is 0 Å². The Morgan fingerprint density at radius 3 is 2.24 bits per heavy atom. The van der Waals surface area contributed by atoms with Crippen molar-refractivity contribution in [3.63, 3.8) is 0 Å². The fourth-order valence-electron chi connectivity index (χ4n) is 7.46. The molecule has 7 rings (SSSR count). The molecule has 3 heterocycles. The second kappa shape index (κ2) is 9.95. The molecule has 4 aromatic rings. The molecule has 1 amide bonds. The summed E-state index contributed by atoms with van der Waals surface area (Å²) < 4.78 is 0. The van der Waals surface area contributed by atoms with Crippen molar-refractivity contribution in [3.05, 3.63) is 137 Å². The second-order valence-electron chi connectivity index (χ2n) is 11.6. The topological polar surface area (TPSA) is 66.5 Å². The molecule has 0 aliphatic carbocycles. The number of nitrogens with one attached hydrogen (secondary N) is 1. The highest BCUT2D eigenvalue weighted by molar-refractivity contribution is 6.18. The molecule has 5 nitrogen and oxygen atoms in total. The number of fused-ring (bicyclic) bond motifs is 6. The largest absolute Gasteiger partial charge is 0.352 e. The van der Waals surface area contributed by atoms with Crippen LogP contribution in [-0.4, -0.2) is 29.6 Å². The van der Waals surface area contributed by atoms with Crippen LogP contribution in [0.1, 0.15) is 57.7 Å². The van der Waals surface area contributed by atoms with Crippen molar-refractivity contribution in [3.8, 4) is 0 Å². The molecule has 0 radical (unpaired) electrons. The highest BCUT2D eigenvalue weighted by Gasteiger charge is 2.70. The SMILES string of the molecule is CCCc1ccc(C(=O)[C@@H]2[C@H](C(=O)c3ccccc3)N3c4ccccc4C(C)=C[C@@H]3[C@@]23C(=O)Nc2ccccc23)cc1. The molecule has 1 fully saturated rings. The number of allylic oxidation sites excluding steroid dienone is 1. The van der Waals surface area contributed by atoms with Crippen LogP contribution >= 0.6 is 0 Å². The summed E-state index contributed by atoms with van der Waals surface area (Å²) in [7, 11) is 0. The van der Waals surface area contributed by atoms with Gasteiger partial charge < -0.3 is 10.2 Å². The van der Waals surface area contributed by atoms with Crippen LogP contribution in [0.25, 0.3) is 5.57 Å². The minimum absolute atomic E-state index is 0.168. The zero-order valence-corrected chi connectivity index (χ0v) is 23.7. The normalized spacial score (nSPS) is 23.6. The Hall–Kier alpha value is -4.77. The number of hydrogen-bond acceptors (Lipinski definition) is 4. The number of nitrogens with zero attached hydrogens (tertiary/aromatic N) is 1. The third kappa shape index (κ3) is 3.66. The summed E-state index contributed by atoms with van der Waals surface area (Å²) in [5, 5.41) is 3.11. The van der Waals surface area contributed by atoms with Gasteiger partial charge in [-0.05, 0) is 42.2 Å². The third-order valence-electron chi connectivity index (χ3n) is 9.27. The average Bonchev–Trinajstić information content (AvgIpc) is 3.49. The van der Waals surface area contributed by atoms with Crippen LogP contribution in [0.3, 0.4) is 0 Å². The maximum Gasteiger partial charge on any atom is 0.238 e. The van der Waals surface area contributed by atoms with E-state index in [1.165, 1.54) is 0 Å². The van der Waals surface area contributed by atoms with Gasteiger partial charge in [0.05, 0.1) is 12.0 Å². The molecule has 3 aliphatic rings. The summed E-state index contributed by atoms with van der Waals surface area (Å²) in [6, 6.07) is 31.0. The molecule has 0 bridgehead atoms. The predicted octanol–water partition coefficient (Wildman–Crippen LogP) is 6.89. The molecule has 0 unspecified atom stereocenters. The minimum atomic E-state index is -1.31. The van der Waals surface area contributed by atoms with Crippen LogP contribution in [0.4, 0.5) is 11.4 Å². The molecular weight excluding hydrogens is 520 g/mol. The number of hydrogen-bond donors (Lipinski definition) is 1. The van der Waals surface area contributed by atoms with Crippen molar-refractivity contribution < 1.29 is 14.4 Å². The zero-order chi connectivity index (χ0) is 29.0. The predicted molar refractivity (Wildman–Crippen MR) is 166 cm³/mol. The molecule has 1 spiro atoms. The number of benzene rings is 4. The third-order valence-corrected chi connectivity index (χ3v) is 9.27. The number of amides is 1. The van der Waals surface area contributed by atoms with Crippen LogP contribution in [0.15, 0.2) is 109 Å². The smallest absolute Gasteiger partial charge is 0.238 e. The first kappa shape index (κ1) is 26.1. The van der Waals surface area contributed by atoms with Crippen molar-refractivity contribution in [2.24, 2.45) is 5.92 Å². The highest BCUT2D eigenvalue weighted by atomic mass is 16.2. The van der Waals surface area contributed by atoms with Crippen molar-refractivity contribution in [2.45, 2.75) is 44.2 Å². The molecule has 1 N–H and O–H groups in total. The average molecular weight is 553 g/mol. The van der Waals surface area contributed by atoms with E-state index in [4.69, 9.17) is 0 Å². The van der Waals surface area contributed by atoms with Crippen LogP contribution in [0.5, 0.6) is 0 Å². The quantitative estimate of drug-likeness (QED) is 0.265. The van der Waals surface area contributed by atoms with Crippen LogP contribution in [0, 0.1) is 5.92 Å². The first-order chi connectivity index (χ1) is 20.5. The number of ketones is 2. The van der Waals surface area contributed by atoms with Gasteiger partial charge in [-0.3, -0.25) is 14.4 Å². The lowest BCUT2D eigenvalue weighted by Crippen LogP contribution is -2.51. The van der Waals surface area contributed by atoms with Gasteiger partial charge in [-0.2, -0.15) is 0 Å².